The van der Waals surface area contributed by atoms with Crippen molar-refractivity contribution in [2.75, 3.05) is 11.9 Å². The average Bonchev–Trinajstić information content (AvgIpc) is 2.37. The van der Waals surface area contributed by atoms with Crippen LogP contribution in [0, 0.1) is 5.82 Å². The van der Waals surface area contributed by atoms with E-state index in [1.807, 2.05) is 0 Å². The number of hydrogen-bond donors (Lipinski definition) is 4. The number of aliphatic hydroxyl groups excluding tert-OH is 1. The molecule has 0 aliphatic heterocycles. The molecule has 0 aromatic heterocycles. The Labute approximate surface area is 118 Å². The maximum atomic E-state index is 13.8. The summed E-state index contributed by atoms with van der Waals surface area (Å²) in [5, 5.41) is 28.5. The van der Waals surface area contributed by atoms with Crippen LogP contribution in [0.25, 0.3) is 0 Å². The molecule has 0 saturated heterocycles. The second kappa shape index (κ2) is 6.88. The monoisotopic (exact) mass is 303 g/mol. The van der Waals surface area contributed by atoms with Crippen molar-refractivity contribution < 1.29 is 29.3 Å². The van der Waals surface area contributed by atoms with E-state index in [1.54, 1.807) is 0 Å². The van der Waals surface area contributed by atoms with E-state index >= 15 is 0 Å². The Kier molecular flexibility index (Phi) is 5.48. The van der Waals surface area contributed by atoms with E-state index in [-0.39, 0.29) is 29.3 Å². The first-order chi connectivity index (χ1) is 9.38. The summed E-state index contributed by atoms with van der Waals surface area (Å²) < 4.78 is 13.8. The van der Waals surface area contributed by atoms with Gasteiger partial charge in [-0.15, -0.1) is 0 Å². The molecule has 0 aliphatic rings. The molecule has 6 nitrogen and oxygen atoms in total. The van der Waals surface area contributed by atoms with Gasteiger partial charge in [-0.05, 0) is 12.1 Å². The average molecular weight is 304 g/mol. The lowest BCUT2D eigenvalue weighted by Crippen LogP contribution is -2.13. The number of carboxylic acid groups (broad SMARTS) is 2. The van der Waals surface area contributed by atoms with Crippen molar-refractivity contribution in [3.05, 3.63) is 40.3 Å². The van der Waals surface area contributed by atoms with E-state index < -0.39 is 23.3 Å². The van der Waals surface area contributed by atoms with Crippen LogP contribution < -0.4 is 5.32 Å². The van der Waals surface area contributed by atoms with Crippen LogP contribution in [0.5, 0.6) is 0 Å². The Morgan fingerprint density at radius 3 is 2.40 bits per heavy atom. The molecule has 108 valence electrons. The first-order valence-corrected chi connectivity index (χ1v) is 5.77. The Morgan fingerprint density at radius 2 is 1.90 bits per heavy atom. The van der Waals surface area contributed by atoms with E-state index in [0.717, 1.165) is 6.20 Å². The first kappa shape index (κ1) is 15.9. The van der Waals surface area contributed by atoms with Crippen LogP contribution in [-0.4, -0.2) is 33.9 Å². The molecular weight excluding hydrogens is 293 g/mol. The lowest BCUT2D eigenvalue weighted by atomic mass is 10.1. The third-order valence-corrected chi connectivity index (χ3v) is 2.68. The predicted molar refractivity (Wildman–Crippen MR) is 69.2 cm³/mol. The van der Waals surface area contributed by atoms with Gasteiger partial charge in [0, 0.05) is 30.5 Å². The van der Waals surface area contributed by atoms with E-state index in [9.17, 15) is 14.0 Å². The standard InChI is InChI=1S/C12H11ClFNO5/c13-8-1-2-9(6(3-4-16)10(8)14)15-5-7(11(17)18)12(19)20/h1-2,5,15-16H,3-4H2,(H,17,18)(H,19,20). The second-order valence-electron chi connectivity index (χ2n) is 3.67. The van der Waals surface area contributed by atoms with E-state index in [4.69, 9.17) is 26.9 Å². The second-order valence-corrected chi connectivity index (χ2v) is 4.08. The number of aliphatic carboxylic acids is 2. The molecule has 4 N–H and O–H groups in total. The molecule has 0 unspecified atom stereocenters. The van der Waals surface area contributed by atoms with E-state index in [2.05, 4.69) is 5.32 Å². The van der Waals surface area contributed by atoms with Crippen LogP contribution in [0.1, 0.15) is 5.56 Å². The molecule has 20 heavy (non-hydrogen) atoms. The summed E-state index contributed by atoms with van der Waals surface area (Å²) in [6.45, 7) is -0.347. The number of carboxylic acids is 2. The number of benzene rings is 1. The predicted octanol–water partition coefficient (Wildman–Crippen LogP) is 1.48. The van der Waals surface area contributed by atoms with Gasteiger partial charge in [0.15, 0.2) is 5.57 Å². The smallest absolute Gasteiger partial charge is 0.344 e. The highest BCUT2D eigenvalue weighted by Crippen LogP contribution is 2.26. The van der Waals surface area contributed by atoms with Gasteiger partial charge in [-0.3, -0.25) is 0 Å². The Balaban J connectivity index is 3.15. The fraction of sp³-hybridized carbons (Fsp3) is 0.167. The van der Waals surface area contributed by atoms with Gasteiger partial charge in [-0.2, -0.15) is 0 Å². The minimum atomic E-state index is -1.64. The summed E-state index contributed by atoms with van der Waals surface area (Å²) >= 11 is 5.60. The van der Waals surface area contributed by atoms with Crippen molar-refractivity contribution in [1.82, 2.24) is 0 Å². The summed E-state index contributed by atoms with van der Waals surface area (Å²) in [7, 11) is 0. The quantitative estimate of drug-likeness (QED) is 0.360. The number of rotatable bonds is 6. The molecule has 0 spiro atoms. The summed E-state index contributed by atoms with van der Waals surface area (Å²) in [6, 6.07) is 2.59. The van der Waals surface area contributed by atoms with Crippen LogP contribution in [-0.2, 0) is 16.0 Å². The van der Waals surface area contributed by atoms with E-state index in [1.165, 1.54) is 12.1 Å². The van der Waals surface area contributed by atoms with Gasteiger partial charge in [0.2, 0.25) is 0 Å². The van der Waals surface area contributed by atoms with Crippen LogP contribution in [0.4, 0.5) is 10.1 Å². The van der Waals surface area contributed by atoms with Crippen molar-refractivity contribution in [3.8, 4) is 0 Å². The highest BCUT2D eigenvalue weighted by molar-refractivity contribution is 6.30. The van der Waals surface area contributed by atoms with Crippen molar-refractivity contribution in [2.45, 2.75) is 6.42 Å². The summed E-state index contributed by atoms with van der Waals surface area (Å²) in [4.78, 5) is 21.3. The van der Waals surface area contributed by atoms with Gasteiger partial charge in [0.05, 0.1) is 5.02 Å². The highest BCUT2D eigenvalue weighted by Gasteiger charge is 2.17. The Hall–Kier alpha value is -2.12. The van der Waals surface area contributed by atoms with Gasteiger partial charge in [0.25, 0.3) is 0 Å². The molecule has 0 radical (unpaired) electrons. The molecule has 0 atom stereocenters. The van der Waals surface area contributed by atoms with Gasteiger partial charge in [-0.25, -0.2) is 14.0 Å². The molecule has 0 bridgehead atoms. The summed E-state index contributed by atoms with van der Waals surface area (Å²) in [5.74, 6) is -4.03. The molecule has 8 heteroatoms. The zero-order chi connectivity index (χ0) is 15.3. The van der Waals surface area contributed by atoms with Crippen molar-refractivity contribution >= 4 is 29.2 Å². The Bertz CT molecular complexity index is 557. The third-order valence-electron chi connectivity index (χ3n) is 2.39. The number of anilines is 1. The molecule has 0 aliphatic carbocycles. The molecule has 0 fully saturated rings. The van der Waals surface area contributed by atoms with Crippen LogP contribution in [0.15, 0.2) is 23.9 Å². The number of halogens is 2. The van der Waals surface area contributed by atoms with Crippen LogP contribution in [0.3, 0.4) is 0 Å². The molecular formula is C12H11ClFNO5. The zero-order valence-corrected chi connectivity index (χ0v) is 10.8. The van der Waals surface area contributed by atoms with Crippen molar-refractivity contribution in [1.29, 1.82) is 0 Å². The van der Waals surface area contributed by atoms with Crippen molar-refractivity contribution in [3.63, 3.8) is 0 Å². The van der Waals surface area contributed by atoms with E-state index in [0.29, 0.717) is 0 Å². The maximum absolute atomic E-state index is 13.8. The first-order valence-electron chi connectivity index (χ1n) is 5.39. The minimum Gasteiger partial charge on any atom is -0.477 e. The maximum Gasteiger partial charge on any atom is 0.344 e. The molecule has 0 saturated carbocycles. The van der Waals surface area contributed by atoms with Crippen LogP contribution in [0.2, 0.25) is 5.02 Å². The zero-order valence-electron chi connectivity index (χ0n) is 10.1. The Morgan fingerprint density at radius 1 is 1.30 bits per heavy atom. The third kappa shape index (κ3) is 3.69. The highest BCUT2D eigenvalue weighted by atomic mass is 35.5. The molecule has 0 heterocycles. The fourth-order valence-corrected chi connectivity index (χ4v) is 1.63. The number of aliphatic hydroxyl groups is 1. The minimum absolute atomic E-state index is 0.0337. The lowest BCUT2D eigenvalue weighted by molar-refractivity contribution is -0.140. The summed E-state index contributed by atoms with van der Waals surface area (Å²) in [6.07, 6.45) is 0.673. The fourth-order valence-electron chi connectivity index (χ4n) is 1.45. The number of carbonyl (C=O) groups is 2. The van der Waals surface area contributed by atoms with Crippen LogP contribution >= 0.6 is 11.6 Å². The summed E-state index contributed by atoms with van der Waals surface area (Å²) in [5.41, 5.74) is -0.748. The van der Waals surface area contributed by atoms with Gasteiger partial charge in [0.1, 0.15) is 5.82 Å². The number of hydrogen-bond acceptors (Lipinski definition) is 4. The van der Waals surface area contributed by atoms with Crippen molar-refractivity contribution in [2.24, 2.45) is 0 Å². The molecule has 1 rings (SSSR count). The van der Waals surface area contributed by atoms with Gasteiger partial charge in [-0.1, -0.05) is 11.6 Å². The largest absolute Gasteiger partial charge is 0.477 e. The number of nitrogens with one attached hydrogen (secondary N) is 1. The lowest BCUT2D eigenvalue weighted by Gasteiger charge is -2.11. The topological polar surface area (TPSA) is 107 Å². The van der Waals surface area contributed by atoms with Gasteiger partial charge >= 0.3 is 11.9 Å². The molecule has 1 aromatic rings. The molecule has 0 amide bonds. The normalized spacial score (nSPS) is 9.95. The SMILES string of the molecule is O=C(O)C(=CNc1ccc(Cl)c(F)c1CCO)C(=O)O. The molecule has 1 aromatic carbocycles. The van der Waals surface area contributed by atoms with Gasteiger partial charge < -0.3 is 20.6 Å².